The lowest BCUT2D eigenvalue weighted by molar-refractivity contribution is 0.376. The molecule has 0 bridgehead atoms. The molecular formula is C15H7F5. The van der Waals surface area contributed by atoms with Gasteiger partial charge in [-0.3, -0.25) is 0 Å². The van der Waals surface area contributed by atoms with Gasteiger partial charge < -0.3 is 0 Å². The Morgan fingerprint density at radius 1 is 0.700 bits per heavy atom. The van der Waals surface area contributed by atoms with Gasteiger partial charge in [0.25, 0.3) is 0 Å². The molecule has 2 aromatic carbocycles. The predicted octanol–water partition coefficient (Wildman–Crippen LogP) is 4.37. The van der Waals surface area contributed by atoms with Crippen LogP contribution in [0.25, 0.3) is 5.57 Å². The first-order chi connectivity index (χ1) is 9.52. The molecule has 0 heterocycles. The number of halogens is 5. The van der Waals surface area contributed by atoms with E-state index in [2.05, 4.69) is 0 Å². The Bertz CT molecular complexity index is 717. The van der Waals surface area contributed by atoms with Crippen LogP contribution in [0.1, 0.15) is 16.7 Å². The quantitative estimate of drug-likeness (QED) is 0.414. The first kappa shape index (κ1) is 12.8. The van der Waals surface area contributed by atoms with Gasteiger partial charge in [-0.25, -0.2) is 22.0 Å². The van der Waals surface area contributed by atoms with E-state index in [1.54, 1.807) is 24.3 Å². The third-order valence-electron chi connectivity index (χ3n) is 3.31. The number of rotatable bonds is 1. The van der Waals surface area contributed by atoms with Crippen LogP contribution in [0.5, 0.6) is 0 Å². The van der Waals surface area contributed by atoms with Gasteiger partial charge in [-0.15, -0.1) is 0 Å². The fourth-order valence-electron chi connectivity index (χ4n) is 2.36. The summed E-state index contributed by atoms with van der Waals surface area (Å²) in [5.41, 5.74) is 0.432. The lowest BCUT2D eigenvalue weighted by Gasteiger charge is -2.10. The molecule has 0 N–H and O–H groups in total. The second-order valence-electron chi connectivity index (χ2n) is 4.42. The molecule has 1 aliphatic carbocycles. The molecule has 0 saturated heterocycles. The van der Waals surface area contributed by atoms with E-state index < -0.39 is 34.6 Å². The molecule has 0 spiro atoms. The highest BCUT2D eigenvalue weighted by atomic mass is 19.2. The number of fused-ring (bicyclic) bond motifs is 1. The fraction of sp³-hybridized carbons (Fsp3) is 0.0667. The Hall–Kier alpha value is -2.17. The average Bonchev–Trinajstić information content (AvgIpc) is 2.87. The molecule has 102 valence electrons. The first-order valence-electron chi connectivity index (χ1n) is 5.82. The van der Waals surface area contributed by atoms with E-state index in [9.17, 15) is 22.0 Å². The summed E-state index contributed by atoms with van der Waals surface area (Å²) >= 11 is 0. The van der Waals surface area contributed by atoms with Crippen molar-refractivity contribution in [3.8, 4) is 0 Å². The summed E-state index contributed by atoms with van der Waals surface area (Å²) in [6, 6.07) is 6.72. The van der Waals surface area contributed by atoms with E-state index in [0.717, 1.165) is 5.56 Å². The summed E-state index contributed by atoms with van der Waals surface area (Å²) in [4.78, 5) is 0. The molecule has 0 saturated carbocycles. The maximum absolute atomic E-state index is 13.8. The Morgan fingerprint density at radius 3 is 1.90 bits per heavy atom. The van der Waals surface area contributed by atoms with Crippen molar-refractivity contribution in [1.82, 2.24) is 0 Å². The molecule has 0 fully saturated rings. The summed E-state index contributed by atoms with van der Waals surface area (Å²) in [6.45, 7) is 0. The van der Waals surface area contributed by atoms with E-state index in [4.69, 9.17) is 0 Å². The third-order valence-corrected chi connectivity index (χ3v) is 3.31. The lowest BCUT2D eigenvalue weighted by Crippen LogP contribution is -2.06. The van der Waals surface area contributed by atoms with Gasteiger partial charge in [-0.2, -0.15) is 0 Å². The van der Waals surface area contributed by atoms with Gasteiger partial charge >= 0.3 is 0 Å². The summed E-state index contributed by atoms with van der Waals surface area (Å²) < 4.78 is 67.1. The Kier molecular flexibility index (Phi) is 2.85. The second kappa shape index (κ2) is 4.44. The van der Waals surface area contributed by atoms with Gasteiger partial charge in [-0.1, -0.05) is 30.3 Å². The van der Waals surface area contributed by atoms with Gasteiger partial charge in [0.1, 0.15) is 0 Å². The maximum atomic E-state index is 13.8. The van der Waals surface area contributed by atoms with Gasteiger partial charge in [-0.05, 0) is 23.1 Å². The first-order valence-corrected chi connectivity index (χ1v) is 5.82. The Morgan fingerprint density at radius 2 is 1.25 bits per heavy atom. The summed E-state index contributed by atoms with van der Waals surface area (Å²) in [6.07, 6.45) is 1.86. The van der Waals surface area contributed by atoms with Crippen LogP contribution in [-0.4, -0.2) is 0 Å². The molecule has 0 aliphatic heterocycles. The van der Waals surface area contributed by atoms with Crippen molar-refractivity contribution in [3.63, 3.8) is 0 Å². The topological polar surface area (TPSA) is 0 Å². The van der Waals surface area contributed by atoms with E-state index >= 15 is 0 Å². The van der Waals surface area contributed by atoms with Crippen LogP contribution in [0, 0.1) is 29.1 Å². The third kappa shape index (κ3) is 1.66. The summed E-state index contributed by atoms with van der Waals surface area (Å²) in [5.74, 6) is -9.60. The van der Waals surface area contributed by atoms with Gasteiger partial charge in [0.2, 0.25) is 5.82 Å². The van der Waals surface area contributed by atoms with E-state index in [-0.39, 0.29) is 5.57 Å². The molecule has 0 unspecified atom stereocenters. The second-order valence-corrected chi connectivity index (χ2v) is 4.42. The van der Waals surface area contributed by atoms with Crippen LogP contribution in [0.4, 0.5) is 22.0 Å². The van der Waals surface area contributed by atoms with Crippen LogP contribution in [0.15, 0.2) is 30.3 Å². The standard InChI is InChI=1S/C15H7F5/c16-11-10(12(17)14(19)15(20)13(11)18)9-6-5-7-3-1-2-4-8(7)9/h1-4,6H,5H2. The molecule has 0 atom stereocenters. The minimum atomic E-state index is -2.14. The summed E-state index contributed by atoms with van der Waals surface area (Å²) in [7, 11) is 0. The minimum absolute atomic E-state index is 0.0356. The normalized spacial score (nSPS) is 13.3. The molecule has 1 aliphatic rings. The molecule has 0 nitrogen and oxygen atoms in total. The van der Waals surface area contributed by atoms with E-state index in [1.807, 2.05) is 0 Å². The van der Waals surface area contributed by atoms with Crippen molar-refractivity contribution in [2.75, 3.05) is 0 Å². The van der Waals surface area contributed by atoms with Crippen molar-refractivity contribution in [2.45, 2.75) is 6.42 Å². The number of hydrogen-bond acceptors (Lipinski definition) is 0. The van der Waals surface area contributed by atoms with Crippen LogP contribution in [-0.2, 0) is 6.42 Å². The van der Waals surface area contributed by atoms with Crippen LogP contribution in [0.2, 0.25) is 0 Å². The van der Waals surface area contributed by atoms with Crippen molar-refractivity contribution in [1.29, 1.82) is 0 Å². The highest BCUT2D eigenvalue weighted by molar-refractivity contribution is 5.85. The monoisotopic (exact) mass is 282 g/mol. The molecule has 0 amide bonds. The maximum Gasteiger partial charge on any atom is 0.200 e. The van der Waals surface area contributed by atoms with Crippen molar-refractivity contribution in [2.24, 2.45) is 0 Å². The molecule has 0 radical (unpaired) electrons. The van der Waals surface area contributed by atoms with Gasteiger partial charge in [0.05, 0.1) is 5.56 Å². The highest BCUT2D eigenvalue weighted by Crippen LogP contribution is 2.37. The van der Waals surface area contributed by atoms with Crippen LogP contribution in [0.3, 0.4) is 0 Å². The lowest BCUT2D eigenvalue weighted by atomic mass is 9.98. The molecule has 5 heteroatoms. The SMILES string of the molecule is Fc1c(F)c(F)c(C2=CCc3ccccc32)c(F)c1F. The number of hydrogen-bond donors (Lipinski definition) is 0. The molecule has 3 rings (SSSR count). The van der Waals surface area contributed by atoms with Crippen LogP contribution >= 0.6 is 0 Å². The zero-order valence-corrected chi connectivity index (χ0v) is 9.98. The zero-order valence-electron chi connectivity index (χ0n) is 9.98. The Labute approximate surface area is 111 Å². The smallest absolute Gasteiger partial charge is 0.200 e. The number of benzene rings is 2. The zero-order chi connectivity index (χ0) is 14.4. The van der Waals surface area contributed by atoms with Crippen LogP contribution < -0.4 is 0 Å². The van der Waals surface area contributed by atoms with Gasteiger partial charge in [0, 0.05) is 0 Å². The molecular weight excluding hydrogens is 275 g/mol. The number of allylic oxidation sites excluding steroid dienone is 1. The van der Waals surface area contributed by atoms with E-state index in [1.165, 1.54) is 6.08 Å². The highest BCUT2D eigenvalue weighted by Gasteiger charge is 2.29. The fourth-order valence-corrected chi connectivity index (χ4v) is 2.36. The molecule has 0 aromatic heterocycles. The van der Waals surface area contributed by atoms with Gasteiger partial charge in [0.15, 0.2) is 23.3 Å². The molecule has 2 aromatic rings. The predicted molar refractivity (Wildman–Crippen MR) is 63.5 cm³/mol. The van der Waals surface area contributed by atoms with Crippen molar-refractivity contribution in [3.05, 3.63) is 76.1 Å². The average molecular weight is 282 g/mol. The Balaban J connectivity index is 2.28. The van der Waals surface area contributed by atoms with Crippen molar-refractivity contribution < 1.29 is 22.0 Å². The molecule has 20 heavy (non-hydrogen) atoms. The minimum Gasteiger partial charge on any atom is -0.203 e. The van der Waals surface area contributed by atoms with Crippen molar-refractivity contribution >= 4 is 5.57 Å². The largest absolute Gasteiger partial charge is 0.203 e. The summed E-state index contributed by atoms with van der Waals surface area (Å²) in [5, 5.41) is 0. The van der Waals surface area contributed by atoms with E-state index in [0.29, 0.717) is 12.0 Å².